The van der Waals surface area contributed by atoms with Gasteiger partial charge in [0.05, 0.1) is 6.04 Å². The third-order valence-corrected chi connectivity index (χ3v) is 3.41. The topological polar surface area (TPSA) is 29.1 Å². The molecule has 0 amide bonds. The minimum atomic E-state index is -0.0278. The fraction of sp³-hybridized carbons (Fsp3) is 0.417. The second-order valence-corrected chi connectivity index (χ2v) is 4.32. The van der Waals surface area contributed by atoms with Gasteiger partial charge in [0.15, 0.2) is 5.78 Å². The smallest absolute Gasteiger partial charge is 0.157 e. The van der Waals surface area contributed by atoms with E-state index >= 15 is 0 Å². The largest absolute Gasteiger partial charge is 0.297 e. The average Bonchev–Trinajstić information content (AvgIpc) is 2.52. The fourth-order valence-corrected chi connectivity index (χ4v) is 2.66. The van der Waals surface area contributed by atoms with Crippen molar-refractivity contribution in [2.45, 2.75) is 25.4 Å². The molecule has 0 aromatic heterocycles. The van der Waals surface area contributed by atoms with Crippen LogP contribution in [0.4, 0.5) is 0 Å². The lowest BCUT2D eigenvalue weighted by atomic mass is 9.91. The molecule has 2 nitrogen and oxygen atoms in total. The first-order valence-corrected chi connectivity index (χ1v) is 5.16. The molecule has 3 atom stereocenters. The Hall–Kier alpha value is -1.15. The molecule has 2 aliphatic heterocycles. The van der Waals surface area contributed by atoms with Gasteiger partial charge < -0.3 is 0 Å². The molecule has 0 saturated carbocycles. The molecule has 3 unspecified atom stereocenters. The summed E-state index contributed by atoms with van der Waals surface area (Å²) in [5.41, 5.74) is 2.53. The lowest BCUT2D eigenvalue weighted by Gasteiger charge is -2.25. The van der Waals surface area contributed by atoms with E-state index in [1.54, 1.807) is 0 Å². The molecular weight excluding hydrogens is 174 g/mol. The van der Waals surface area contributed by atoms with Gasteiger partial charge in [-0.3, -0.25) is 10.1 Å². The molecule has 1 fully saturated rings. The summed E-state index contributed by atoms with van der Waals surface area (Å²) in [5.74, 6) is 0.560. The third-order valence-electron chi connectivity index (χ3n) is 3.41. The number of benzene rings is 1. The molecule has 2 heteroatoms. The van der Waals surface area contributed by atoms with Crippen molar-refractivity contribution < 1.29 is 4.79 Å². The Balaban J connectivity index is 2.15. The van der Waals surface area contributed by atoms with E-state index in [9.17, 15) is 4.79 Å². The van der Waals surface area contributed by atoms with Crippen LogP contribution in [0, 0.1) is 5.92 Å². The fourth-order valence-electron chi connectivity index (χ4n) is 2.66. The molecule has 0 aliphatic carbocycles. The van der Waals surface area contributed by atoms with Gasteiger partial charge in [-0.25, -0.2) is 0 Å². The zero-order valence-corrected chi connectivity index (χ0v) is 8.16. The van der Waals surface area contributed by atoms with Crippen LogP contribution in [0.15, 0.2) is 24.3 Å². The Labute approximate surface area is 83.3 Å². The van der Waals surface area contributed by atoms with Crippen LogP contribution < -0.4 is 5.32 Å². The van der Waals surface area contributed by atoms with Gasteiger partial charge in [0.25, 0.3) is 0 Å². The van der Waals surface area contributed by atoms with Crippen molar-refractivity contribution >= 4 is 5.78 Å². The second kappa shape index (κ2) is 2.67. The van der Waals surface area contributed by atoms with Crippen LogP contribution in [-0.4, -0.2) is 5.78 Å². The van der Waals surface area contributed by atoms with Gasteiger partial charge in [-0.05, 0) is 17.5 Å². The Morgan fingerprint density at radius 2 is 2.00 bits per heavy atom. The Kier molecular flexibility index (Phi) is 1.56. The van der Waals surface area contributed by atoms with E-state index in [4.69, 9.17) is 0 Å². The Morgan fingerprint density at radius 1 is 1.29 bits per heavy atom. The number of hydrogen-bond donors (Lipinski definition) is 1. The Bertz CT molecular complexity index is 397. The lowest BCUT2D eigenvalue weighted by Crippen LogP contribution is -2.35. The summed E-state index contributed by atoms with van der Waals surface area (Å²) in [7, 11) is 0. The number of hydrogen-bond acceptors (Lipinski definition) is 2. The van der Waals surface area contributed by atoms with Crippen LogP contribution in [0.1, 0.15) is 36.6 Å². The number of Topliss-reactive ketones (excluding diaryl/α,β-unsaturated/α-hetero) is 1. The maximum Gasteiger partial charge on any atom is 0.157 e. The van der Waals surface area contributed by atoms with Crippen molar-refractivity contribution in [3.8, 4) is 0 Å². The molecule has 1 N–H and O–H groups in total. The summed E-state index contributed by atoms with van der Waals surface area (Å²) in [4.78, 5) is 11.9. The van der Waals surface area contributed by atoms with E-state index in [0.717, 1.165) is 6.42 Å². The van der Waals surface area contributed by atoms with Crippen LogP contribution in [0.5, 0.6) is 0 Å². The number of fused-ring (bicyclic) bond motifs is 5. The zero-order chi connectivity index (χ0) is 9.71. The van der Waals surface area contributed by atoms with Gasteiger partial charge in [-0.15, -0.1) is 0 Å². The molecule has 1 aromatic rings. The van der Waals surface area contributed by atoms with Crippen molar-refractivity contribution in [2.24, 2.45) is 5.92 Å². The normalized spacial score (nSPS) is 34.4. The highest BCUT2D eigenvalue weighted by atomic mass is 16.1. The molecular formula is C12H13NO. The SMILES string of the molecule is CC1CC2NC(C1=O)c1ccccc12. The number of ketones is 1. The minimum Gasteiger partial charge on any atom is -0.297 e. The van der Waals surface area contributed by atoms with Crippen LogP contribution in [-0.2, 0) is 4.79 Å². The number of nitrogens with one attached hydrogen (secondary N) is 1. The summed E-state index contributed by atoms with van der Waals surface area (Å²) in [6.07, 6.45) is 0.951. The quantitative estimate of drug-likeness (QED) is 0.673. The molecule has 14 heavy (non-hydrogen) atoms. The molecule has 2 bridgehead atoms. The number of carbonyl (C=O) groups is 1. The number of piperidine rings is 1. The lowest BCUT2D eigenvalue weighted by molar-refractivity contribution is -0.126. The molecule has 2 aliphatic rings. The highest BCUT2D eigenvalue weighted by molar-refractivity contribution is 5.89. The van der Waals surface area contributed by atoms with Crippen LogP contribution >= 0.6 is 0 Å². The standard InChI is InChI=1S/C12H13NO/c1-7-6-10-8-4-2-3-5-9(8)11(13-10)12(7)14/h2-5,7,10-11,13H,6H2,1H3. The summed E-state index contributed by atoms with van der Waals surface area (Å²) in [6, 6.07) is 8.65. The summed E-state index contributed by atoms with van der Waals surface area (Å²) in [6.45, 7) is 2.04. The van der Waals surface area contributed by atoms with Crippen molar-refractivity contribution in [2.75, 3.05) is 0 Å². The van der Waals surface area contributed by atoms with Gasteiger partial charge in [-0.1, -0.05) is 31.2 Å². The first-order valence-electron chi connectivity index (χ1n) is 5.16. The van der Waals surface area contributed by atoms with E-state index < -0.39 is 0 Å². The highest BCUT2D eigenvalue weighted by Crippen LogP contribution is 2.42. The van der Waals surface area contributed by atoms with E-state index in [1.165, 1.54) is 11.1 Å². The van der Waals surface area contributed by atoms with Gasteiger partial charge in [0.2, 0.25) is 0 Å². The molecule has 1 saturated heterocycles. The minimum absolute atomic E-state index is 0.0278. The third kappa shape index (κ3) is 0.919. The van der Waals surface area contributed by atoms with Crippen molar-refractivity contribution in [1.82, 2.24) is 5.32 Å². The van der Waals surface area contributed by atoms with Gasteiger partial charge >= 0.3 is 0 Å². The summed E-state index contributed by atoms with van der Waals surface area (Å²) in [5, 5.41) is 3.39. The molecule has 72 valence electrons. The van der Waals surface area contributed by atoms with Crippen molar-refractivity contribution in [3.63, 3.8) is 0 Å². The van der Waals surface area contributed by atoms with E-state index in [2.05, 4.69) is 23.5 Å². The maximum atomic E-state index is 11.9. The van der Waals surface area contributed by atoms with Gasteiger partial charge in [0, 0.05) is 12.0 Å². The van der Waals surface area contributed by atoms with Crippen LogP contribution in [0.3, 0.4) is 0 Å². The van der Waals surface area contributed by atoms with E-state index in [-0.39, 0.29) is 12.0 Å². The molecule has 0 spiro atoms. The predicted octanol–water partition coefficient (Wildman–Crippen LogP) is 1.98. The first-order chi connectivity index (χ1) is 6.77. The maximum absolute atomic E-state index is 11.9. The molecule has 0 radical (unpaired) electrons. The number of carbonyl (C=O) groups excluding carboxylic acids is 1. The van der Waals surface area contributed by atoms with Crippen LogP contribution in [0.25, 0.3) is 0 Å². The number of rotatable bonds is 0. The summed E-state index contributed by atoms with van der Waals surface area (Å²) >= 11 is 0. The predicted molar refractivity (Wildman–Crippen MR) is 53.8 cm³/mol. The van der Waals surface area contributed by atoms with Gasteiger partial charge in [0.1, 0.15) is 0 Å². The first kappa shape index (κ1) is 8.18. The highest BCUT2D eigenvalue weighted by Gasteiger charge is 2.41. The van der Waals surface area contributed by atoms with E-state index in [0.29, 0.717) is 11.8 Å². The second-order valence-electron chi connectivity index (χ2n) is 4.32. The molecule has 3 rings (SSSR count). The zero-order valence-electron chi connectivity index (χ0n) is 8.16. The van der Waals surface area contributed by atoms with Gasteiger partial charge in [-0.2, -0.15) is 0 Å². The summed E-state index contributed by atoms with van der Waals surface area (Å²) < 4.78 is 0. The van der Waals surface area contributed by atoms with E-state index in [1.807, 2.05) is 13.0 Å². The van der Waals surface area contributed by atoms with Crippen molar-refractivity contribution in [1.29, 1.82) is 0 Å². The average molecular weight is 187 g/mol. The Morgan fingerprint density at radius 3 is 2.79 bits per heavy atom. The van der Waals surface area contributed by atoms with Crippen molar-refractivity contribution in [3.05, 3.63) is 35.4 Å². The molecule has 1 aromatic carbocycles. The molecule has 2 heterocycles. The van der Waals surface area contributed by atoms with Crippen LogP contribution in [0.2, 0.25) is 0 Å². The monoisotopic (exact) mass is 187 g/mol.